The lowest BCUT2D eigenvalue weighted by Gasteiger charge is -2.17. The number of nitro benzene ring substituents is 1. The van der Waals surface area contributed by atoms with E-state index in [1.54, 1.807) is 0 Å². The summed E-state index contributed by atoms with van der Waals surface area (Å²) in [6.07, 6.45) is 0. The van der Waals surface area contributed by atoms with Gasteiger partial charge in [0.2, 0.25) is 5.82 Å². The Labute approximate surface area is 91.6 Å². The molecule has 0 atom stereocenters. The second kappa shape index (κ2) is 4.44. The van der Waals surface area contributed by atoms with Crippen molar-refractivity contribution in [1.82, 2.24) is 0 Å². The normalized spacial score (nSPS) is 11.2. The van der Waals surface area contributed by atoms with Crippen LogP contribution in [0.1, 0.15) is 13.8 Å². The van der Waals surface area contributed by atoms with Crippen molar-refractivity contribution in [2.45, 2.75) is 19.4 Å². The summed E-state index contributed by atoms with van der Waals surface area (Å²) in [5, 5.41) is 19.7. The second-order valence-electron chi connectivity index (χ2n) is 3.97. The number of ether oxygens (including phenoxy) is 1. The van der Waals surface area contributed by atoms with Gasteiger partial charge in [-0.25, -0.2) is 0 Å². The first-order chi connectivity index (χ1) is 7.29. The van der Waals surface area contributed by atoms with E-state index in [4.69, 9.17) is 4.74 Å². The minimum absolute atomic E-state index is 0.0236. The van der Waals surface area contributed by atoms with E-state index in [1.807, 2.05) is 0 Å². The standard InChI is InChI=1S/C10H12FNO4/c1-10(2,13)6-16-7-3-4-9(12(14)15)8(11)5-7/h3-5,13H,6H2,1-2H3. The number of hydrogen-bond acceptors (Lipinski definition) is 4. The van der Waals surface area contributed by atoms with Gasteiger partial charge in [-0.1, -0.05) is 0 Å². The predicted molar refractivity (Wildman–Crippen MR) is 54.8 cm³/mol. The second-order valence-corrected chi connectivity index (χ2v) is 3.97. The first-order valence-electron chi connectivity index (χ1n) is 4.59. The van der Waals surface area contributed by atoms with Crippen LogP contribution >= 0.6 is 0 Å². The van der Waals surface area contributed by atoms with Crippen LogP contribution in [0.5, 0.6) is 5.75 Å². The molecule has 0 saturated carbocycles. The largest absolute Gasteiger partial charge is 0.491 e. The van der Waals surface area contributed by atoms with Gasteiger partial charge in [0.1, 0.15) is 12.4 Å². The number of nitro groups is 1. The van der Waals surface area contributed by atoms with Gasteiger partial charge in [0.25, 0.3) is 0 Å². The smallest absolute Gasteiger partial charge is 0.305 e. The molecule has 6 heteroatoms. The molecule has 0 radical (unpaired) electrons. The Morgan fingerprint density at radius 3 is 2.62 bits per heavy atom. The van der Waals surface area contributed by atoms with Crippen LogP contribution in [0, 0.1) is 15.9 Å². The summed E-state index contributed by atoms with van der Waals surface area (Å²) in [7, 11) is 0. The van der Waals surface area contributed by atoms with Gasteiger partial charge in [0, 0.05) is 12.1 Å². The average Bonchev–Trinajstić information content (AvgIpc) is 2.13. The molecular formula is C10H12FNO4. The van der Waals surface area contributed by atoms with Crippen molar-refractivity contribution < 1.29 is 19.2 Å². The zero-order valence-corrected chi connectivity index (χ0v) is 8.94. The Hall–Kier alpha value is -1.69. The maximum absolute atomic E-state index is 13.1. The quantitative estimate of drug-likeness (QED) is 0.632. The molecule has 16 heavy (non-hydrogen) atoms. The summed E-state index contributed by atoms with van der Waals surface area (Å²) in [5.74, 6) is -0.816. The van der Waals surface area contributed by atoms with Crippen LogP contribution in [-0.2, 0) is 0 Å². The van der Waals surface area contributed by atoms with E-state index in [2.05, 4.69) is 0 Å². The summed E-state index contributed by atoms with van der Waals surface area (Å²) < 4.78 is 18.2. The summed E-state index contributed by atoms with van der Waals surface area (Å²) in [6, 6.07) is 3.23. The van der Waals surface area contributed by atoms with E-state index < -0.39 is 22.0 Å². The van der Waals surface area contributed by atoms with Gasteiger partial charge in [0.05, 0.1) is 10.5 Å². The summed E-state index contributed by atoms with van der Waals surface area (Å²) in [6.45, 7) is 3.05. The van der Waals surface area contributed by atoms with Crippen LogP contribution in [0.25, 0.3) is 0 Å². The van der Waals surface area contributed by atoms with E-state index in [0.29, 0.717) is 0 Å². The monoisotopic (exact) mass is 229 g/mol. The molecule has 0 heterocycles. The van der Waals surface area contributed by atoms with Crippen molar-refractivity contribution in [2.24, 2.45) is 0 Å². The van der Waals surface area contributed by atoms with Gasteiger partial charge in [-0.2, -0.15) is 4.39 Å². The van der Waals surface area contributed by atoms with Gasteiger partial charge in [-0.05, 0) is 19.9 Å². The molecule has 0 spiro atoms. The molecule has 0 aliphatic rings. The highest BCUT2D eigenvalue weighted by atomic mass is 19.1. The van der Waals surface area contributed by atoms with Crippen molar-refractivity contribution in [1.29, 1.82) is 0 Å². The molecule has 0 aliphatic heterocycles. The van der Waals surface area contributed by atoms with Crippen LogP contribution in [0.2, 0.25) is 0 Å². The fourth-order valence-electron chi connectivity index (χ4n) is 0.985. The maximum Gasteiger partial charge on any atom is 0.305 e. The highest BCUT2D eigenvalue weighted by Crippen LogP contribution is 2.22. The Bertz CT molecular complexity index is 400. The van der Waals surface area contributed by atoms with Gasteiger partial charge in [-0.3, -0.25) is 10.1 Å². The Kier molecular flexibility index (Phi) is 3.44. The zero-order chi connectivity index (χ0) is 12.3. The number of nitrogens with zero attached hydrogens (tertiary/aromatic N) is 1. The van der Waals surface area contributed by atoms with E-state index >= 15 is 0 Å². The minimum Gasteiger partial charge on any atom is -0.491 e. The molecule has 1 rings (SSSR count). The summed E-state index contributed by atoms with van der Waals surface area (Å²) in [4.78, 5) is 9.52. The molecular weight excluding hydrogens is 217 g/mol. The molecule has 1 N–H and O–H groups in total. The van der Waals surface area contributed by atoms with Crippen LogP contribution < -0.4 is 4.74 Å². The highest BCUT2D eigenvalue weighted by molar-refractivity contribution is 5.37. The zero-order valence-electron chi connectivity index (χ0n) is 8.94. The topological polar surface area (TPSA) is 72.6 Å². The van der Waals surface area contributed by atoms with E-state index in [-0.39, 0.29) is 12.4 Å². The van der Waals surface area contributed by atoms with Crippen molar-refractivity contribution in [3.05, 3.63) is 34.1 Å². The molecule has 0 aromatic heterocycles. The minimum atomic E-state index is -1.04. The van der Waals surface area contributed by atoms with E-state index in [1.165, 1.54) is 19.9 Å². The first-order valence-corrected chi connectivity index (χ1v) is 4.59. The molecule has 0 saturated heterocycles. The van der Waals surface area contributed by atoms with Crippen molar-refractivity contribution >= 4 is 5.69 Å². The van der Waals surface area contributed by atoms with Gasteiger partial charge < -0.3 is 9.84 Å². The SMILES string of the molecule is CC(C)(O)COc1ccc([N+](=O)[O-])c(F)c1. The number of rotatable bonds is 4. The number of hydrogen-bond donors (Lipinski definition) is 1. The molecule has 1 aromatic rings. The lowest BCUT2D eigenvalue weighted by molar-refractivity contribution is -0.387. The fraction of sp³-hybridized carbons (Fsp3) is 0.400. The molecule has 5 nitrogen and oxygen atoms in total. The molecule has 1 aromatic carbocycles. The molecule has 0 aliphatic carbocycles. The van der Waals surface area contributed by atoms with Crippen LogP contribution in [0.15, 0.2) is 18.2 Å². The maximum atomic E-state index is 13.1. The van der Waals surface area contributed by atoms with Crippen molar-refractivity contribution in [3.8, 4) is 5.75 Å². The van der Waals surface area contributed by atoms with E-state index in [0.717, 1.165) is 12.1 Å². The summed E-state index contributed by atoms with van der Waals surface area (Å²) in [5.41, 5.74) is -1.64. The van der Waals surface area contributed by atoms with Gasteiger partial charge in [0.15, 0.2) is 0 Å². The number of halogens is 1. The van der Waals surface area contributed by atoms with Crippen molar-refractivity contribution in [2.75, 3.05) is 6.61 Å². The molecule has 88 valence electrons. The molecule has 0 unspecified atom stereocenters. The molecule has 0 bridgehead atoms. The van der Waals surface area contributed by atoms with E-state index in [9.17, 15) is 19.6 Å². The third kappa shape index (κ3) is 3.47. The third-order valence-corrected chi connectivity index (χ3v) is 1.71. The van der Waals surface area contributed by atoms with Gasteiger partial charge in [-0.15, -0.1) is 0 Å². The first kappa shape index (κ1) is 12.4. The fourth-order valence-corrected chi connectivity index (χ4v) is 0.985. The van der Waals surface area contributed by atoms with Crippen molar-refractivity contribution in [3.63, 3.8) is 0 Å². The van der Waals surface area contributed by atoms with Crippen LogP contribution in [0.4, 0.5) is 10.1 Å². The lowest BCUT2D eigenvalue weighted by atomic mass is 10.2. The third-order valence-electron chi connectivity index (χ3n) is 1.71. The van der Waals surface area contributed by atoms with Crippen LogP contribution in [-0.4, -0.2) is 22.2 Å². The Balaban J connectivity index is 2.78. The highest BCUT2D eigenvalue weighted by Gasteiger charge is 2.17. The van der Waals surface area contributed by atoms with Crippen LogP contribution in [0.3, 0.4) is 0 Å². The number of aliphatic hydroxyl groups is 1. The molecule has 0 fully saturated rings. The Morgan fingerprint density at radius 2 is 2.19 bits per heavy atom. The number of benzene rings is 1. The summed E-state index contributed by atoms with van der Waals surface area (Å²) >= 11 is 0. The molecule has 0 amide bonds. The lowest BCUT2D eigenvalue weighted by Crippen LogP contribution is -2.27. The Morgan fingerprint density at radius 1 is 1.56 bits per heavy atom. The van der Waals surface area contributed by atoms with Gasteiger partial charge >= 0.3 is 5.69 Å². The average molecular weight is 229 g/mol. The predicted octanol–water partition coefficient (Wildman–Crippen LogP) is 1.88.